The maximum atomic E-state index is 14.0. The highest BCUT2D eigenvalue weighted by Crippen LogP contribution is 2.42. The third-order valence-corrected chi connectivity index (χ3v) is 8.85. The standard InChI is InChI=1S/C25H22Cl3N3O4S/c1-14-8-20-21(9-15(14)2)31(36(34,35)24-18(27)10-17(26)11-19(24)28)22(25(33)30-20)12-23(32)29-13-16-6-4-3-5-7-16/h3-11,22H,12-13H2,1-2H3,(H,29,32)(H,30,33). The van der Waals surface area contributed by atoms with Gasteiger partial charge in [-0.05, 0) is 54.8 Å². The molecular formula is C25H22Cl3N3O4S. The first kappa shape index (κ1) is 26.3. The normalized spacial score (nSPS) is 15.3. The molecule has 0 fully saturated rings. The first-order chi connectivity index (χ1) is 17.0. The zero-order valence-corrected chi connectivity index (χ0v) is 22.4. The van der Waals surface area contributed by atoms with Crippen LogP contribution < -0.4 is 14.9 Å². The van der Waals surface area contributed by atoms with Crippen LogP contribution in [0.2, 0.25) is 15.1 Å². The summed E-state index contributed by atoms with van der Waals surface area (Å²) >= 11 is 18.5. The molecule has 36 heavy (non-hydrogen) atoms. The quantitative estimate of drug-likeness (QED) is 0.413. The molecule has 1 unspecified atom stereocenters. The van der Waals surface area contributed by atoms with Gasteiger partial charge < -0.3 is 10.6 Å². The zero-order chi connectivity index (χ0) is 26.2. The predicted octanol–water partition coefficient (Wildman–Crippen LogP) is 5.49. The van der Waals surface area contributed by atoms with Crippen molar-refractivity contribution in [3.8, 4) is 0 Å². The van der Waals surface area contributed by atoms with Crippen LogP contribution in [0, 0.1) is 13.8 Å². The van der Waals surface area contributed by atoms with Crippen LogP contribution in [0.15, 0.2) is 59.5 Å². The molecule has 188 valence electrons. The summed E-state index contributed by atoms with van der Waals surface area (Å²) in [4.78, 5) is 25.7. The van der Waals surface area contributed by atoms with Gasteiger partial charge in [-0.25, -0.2) is 8.42 Å². The molecule has 3 aromatic carbocycles. The van der Waals surface area contributed by atoms with Gasteiger partial charge in [-0.2, -0.15) is 0 Å². The highest BCUT2D eigenvalue weighted by atomic mass is 35.5. The second-order valence-corrected chi connectivity index (χ2v) is 11.4. The first-order valence-electron chi connectivity index (χ1n) is 10.9. The molecule has 1 atom stereocenters. The Hall–Kier alpha value is -2.78. The number of fused-ring (bicyclic) bond motifs is 1. The highest BCUT2D eigenvalue weighted by molar-refractivity contribution is 7.93. The molecule has 1 heterocycles. The lowest BCUT2D eigenvalue weighted by molar-refractivity contribution is -0.125. The Balaban J connectivity index is 1.77. The van der Waals surface area contributed by atoms with Crippen LogP contribution in [0.5, 0.6) is 0 Å². The van der Waals surface area contributed by atoms with E-state index in [0.29, 0.717) is 5.69 Å². The number of carbonyl (C=O) groups is 2. The smallest absolute Gasteiger partial charge is 0.268 e. The van der Waals surface area contributed by atoms with E-state index in [9.17, 15) is 18.0 Å². The number of anilines is 2. The van der Waals surface area contributed by atoms with Crippen molar-refractivity contribution in [3.05, 3.63) is 86.4 Å². The lowest BCUT2D eigenvalue weighted by Gasteiger charge is -2.37. The van der Waals surface area contributed by atoms with Gasteiger partial charge in [-0.3, -0.25) is 13.9 Å². The summed E-state index contributed by atoms with van der Waals surface area (Å²) in [7, 11) is -4.51. The third kappa shape index (κ3) is 5.18. The Morgan fingerprint density at radius 2 is 1.61 bits per heavy atom. The van der Waals surface area contributed by atoms with Crippen molar-refractivity contribution < 1.29 is 18.0 Å². The molecule has 0 spiro atoms. The molecule has 1 aliphatic heterocycles. The van der Waals surface area contributed by atoms with Crippen LogP contribution in [0.4, 0.5) is 11.4 Å². The van der Waals surface area contributed by atoms with Gasteiger partial charge >= 0.3 is 0 Å². The maximum absolute atomic E-state index is 14.0. The fraction of sp³-hybridized carbons (Fsp3) is 0.200. The van der Waals surface area contributed by atoms with Crippen LogP contribution in [-0.4, -0.2) is 26.3 Å². The van der Waals surface area contributed by atoms with Gasteiger partial charge in [0.15, 0.2) is 0 Å². The van der Waals surface area contributed by atoms with Crippen LogP contribution in [0.25, 0.3) is 0 Å². The van der Waals surface area contributed by atoms with Crippen molar-refractivity contribution in [2.75, 3.05) is 9.62 Å². The molecule has 0 aliphatic carbocycles. The number of sulfonamides is 1. The first-order valence-corrected chi connectivity index (χ1v) is 13.5. The van der Waals surface area contributed by atoms with Gasteiger partial charge in [0.25, 0.3) is 10.0 Å². The number of carbonyl (C=O) groups excluding carboxylic acids is 2. The molecule has 0 saturated carbocycles. The zero-order valence-electron chi connectivity index (χ0n) is 19.3. The van der Waals surface area contributed by atoms with Gasteiger partial charge in [0, 0.05) is 11.6 Å². The summed E-state index contributed by atoms with van der Waals surface area (Å²) in [6.45, 7) is 3.89. The van der Waals surface area contributed by atoms with E-state index in [1.54, 1.807) is 12.1 Å². The summed E-state index contributed by atoms with van der Waals surface area (Å²) < 4.78 is 29.0. The van der Waals surface area contributed by atoms with Crippen molar-refractivity contribution >= 4 is 68.0 Å². The molecular weight excluding hydrogens is 545 g/mol. The van der Waals surface area contributed by atoms with Gasteiger partial charge in [-0.1, -0.05) is 65.1 Å². The summed E-state index contributed by atoms with van der Waals surface area (Å²) in [5.74, 6) is -1.15. The Bertz CT molecular complexity index is 1440. The average Bonchev–Trinajstić information content (AvgIpc) is 2.79. The van der Waals surface area contributed by atoms with Crippen LogP contribution in [-0.2, 0) is 26.2 Å². The molecule has 0 saturated heterocycles. The number of amides is 2. The van der Waals surface area contributed by atoms with E-state index < -0.39 is 39.2 Å². The molecule has 7 nitrogen and oxygen atoms in total. The van der Waals surface area contributed by atoms with Crippen LogP contribution in [0.1, 0.15) is 23.1 Å². The highest BCUT2D eigenvalue weighted by Gasteiger charge is 2.43. The summed E-state index contributed by atoms with van der Waals surface area (Å²) in [5.41, 5.74) is 3.02. The average molecular weight is 567 g/mol. The molecule has 1 aliphatic rings. The number of hydrogen-bond donors (Lipinski definition) is 2. The minimum Gasteiger partial charge on any atom is -0.352 e. The second-order valence-electron chi connectivity index (χ2n) is 8.42. The monoisotopic (exact) mass is 565 g/mol. The Morgan fingerprint density at radius 3 is 2.25 bits per heavy atom. The summed E-state index contributed by atoms with van der Waals surface area (Å²) in [6, 6.07) is 13.7. The number of nitrogens with zero attached hydrogens (tertiary/aromatic N) is 1. The molecule has 0 radical (unpaired) electrons. The second kappa shape index (κ2) is 10.3. The summed E-state index contributed by atoms with van der Waals surface area (Å²) in [6.07, 6.45) is -0.424. The van der Waals surface area contributed by atoms with E-state index in [1.807, 2.05) is 44.2 Å². The SMILES string of the molecule is Cc1cc2c(cc1C)N(S(=O)(=O)c1c(Cl)cc(Cl)cc1Cl)C(CC(=O)NCc1ccccc1)C(=O)N2. The van der Waals surface area contributed by atoms with E-state index in [1.165, 1.54) is 12.1 Å². The number of hydrogen-bond acceptors (Lipinski definition) is 4. The Labute approximate surface area is 224 Å². The Morgan fingerprint density at radius 1 is 1.00 bits per heavy atom. The van der Waals surface area contributed by atoms with E-state index >= 15 is 0 Å². The lowest BCUT2D eigenvalue weighted by Crippen LogP contribution is -2.52. The van der Waals surface area contributed by atoms with Gasteiger partial charge in [-0.15, -0.1) is 0 Å². The van der Waals surface area contributed by atoms with E-state index in [0.717, 1.165) is 21.0 Å². The molecule has 0 aromatic heterocycles. The lowest BCUT2D eigenvalue weighted by atomic mass is 10.0. The minimum atomic E-state index is -4.51. The molecule has 4 rings (SSSR count). The van der Waals surface area contributed by atoms with Gasteiger partial charge in [0.1, 0.15) is 10.9 Å². The van der Waals surface area contributed by atoms with Gasteiger partial charge in [0.05, 0.1) is 27.8 Å². The van der Waals surface area contributed by atoms with Crippen molar-refractivity contribution in [3.63, 3.8) is 0 Å². The van der Waals surface area contributed by atoms with Gasteiger partial charge in [0.2, 0.25) is 11.8 Å². The minimum absolute atomic E-state index is 0.157. The van der Waals surface area contributed by atoms with E-state index in [-0.39, 0.29) is 27.3 Å². The molecule has 2 N–H and O–H groups in total. The maximum Gasteiger partial charge on any atom is 0.268 e. The molecule has 2 amide bonds. The fourth-order valence-corrected chi connectivity index (χ4v) is 7.09. The van der Waals surface area contributed by atoms with Crippen LogP contribution in [0.3, 0.4) is 0 Å². The number of nitrogens with one attached hydrogen (secondary N) is 2. The molecule has 3 aromatic rings. The predicted molar refractivity (Wildman–Crippen MR) is 142 cm³/mol. The topological polar surface area (TPSA) is 95.6 Å². The molecule has 0 bridgehead atoms. The van der Waals surface area contributed by atoms with Crippen molar-refractivity contribution in [2.45, 2.75) is 37.8 Å². The summed E-state index contributed by atoms with van der Waals surface area (Å²) in [5, 5.41) is 5.24. The number of aryl methyl sites for hydroxylation is 2. The van der Waals surface area contributed by atoms with E-state index in [2.05, 4.69) is 10.6 Å². The number of halogens is 3. The fourth-order valence-electron chi connectivity index (χ4n) is 3.96. The van der Waals surface area contributed by atoms with Crippen LogP contribution >= 0.6 is 34.8 Å². The van der Waals surface area contributed by atoms with E-state index in [4.69, 9.17) is 34.8 Å². The number of rotatable bonds is 6. The largest absolute Gasteiger partial charge is 0.352 e. The van der Waals surface area contributed by atoms with Crippen molar-refractivity contribution in [1.29, 1.82) is 0 Å². The third-order valence-electron chi connectivity index (χ3n) is 5.88. The van der Waals surface area contributed by atoms with Crippen molar-refractivity contribution in [1.82, 2.24) is 5.32 Å². The van der Waals surface area contributed by atoms with Crippen molar-refractivity contribution in [2.24, 2.45) is 0 Å². The Kier molecular flexibility index (Phi) is 7.52. The number of benzene rings is 3. The molecule has 11 heteroatoms.